The van der Waals surface area contributed by atoms with Crippen molar-refractivity contribution in [2.45, 2.75) is 6.54 Å². The van der Waals surface area contributed by atoms with E-state index in [4.69, 9.17) is 9.47 Å². The van der Waals surface area contributed by atoms with Gasteiger partial charge >= 0.3 is 0 Å². The van der Waals surface area contributed by atoms with Crippen molar-refractivity contribution < 1.29 is 13.9 Å². The van der Waals surface area contributed by atoms with E-state index in [1.807, 2.05) is 18.2 Å². The lowest BCUT2D eigenvalue weighted by molar-refractivity contribution is 0.174. The minimum absolute atomic E-state index is 0.248. The molecule has 0 amide bonds. The Kier molecular flexibility index (Phi) is 4.08. The Hall–Kier alpha value is -2.54. The van der Waals surface area contributed by atoms with Gasteiger partial charge in [0.15, 0.2) is 16.7 Å². The van der Waals surface area contributed by atoms with Gasteiger partial charge in [0.05, 0.1) is 12.3 Å². The maximum absolute atomic E-state index is 13.0. The predicted octanol–water partition coefficient (Wildman–Crippen LogP) is 3.15. The number of halogens is 1. The molecule has 0 fully saturated rings. The van der Waals surface area contributed by atoms with Crippen molar-refractivity contribution in [1.82, 2.24) is 5.43 Å². The lowest BCUT2D eigenvalue weighted by atomic mass is 10.1. The van der Waals surface area contributed by atoms with Crippen molar-refractivity contribution in [2.75, 3.05) is 12.5 Å². The summed E-state index contributed by atoms with van der Waals surface area (Å²) in [4.78, 5) is 4.53. The SMILES string of the molecule is Fc1ccc(C2=NNC(=NCc3ccc4c(c3)OCO4)SC2)cc1. The fourth-order valence-electron chi connectivity index (χ4n) is 2.39. The van der Waals surface area contributed by atoms with Crippen LogP contribution in [0.4, 0.5) is 4.39 Å². The molecule has 2 heterocycles. The molecule has 122 valence electrons. The van der Waals surface area contributed by atoms with Gasteiger partial charge in [-0.15, -0.1) is 0 Å². The van der Waals surface area contributed by atoms with Gasteiger partial charge < -0.3 is 9.47 Å². The summed E-state index contributed by atoms with van der Waals surface area (Å²) in [5.41, 5.74) is 5.79. The van der Waals surface area contributed by atoms with Gasteiger partial charge in [0.1, 0.15) is 5.82 Å². The first kappa shape index (κ1) is 15.0. The van der Waals surface area contributed by atoms with E-state index < -0.39 is 0 Å². The standard InChI is InChI=1S/C17H14FN3O2S/c18-13-4-2-12(3-5-13)14-9-24-17(21-20-14)19-8-11-1-6-15-16(7-11)23-10-22-15/h1-7H,8-10H2,(H,19,21). The van der Waals surface area contributed by atoms with Crippen molar-refractivity contribution >= 4 is 22.6 Å². The molecule has 0 aliphatic carbocycles. The summed E-state index contributed by atoms with van der Waals surface area (Å²) in [5, 5.41) is 5.09. The van der Waals surface area contributed by atoms with Crippen molar-refractivity contribution in [3.63, 3.8) is 0 Å². The monoisotopic (exact) mass is 343 g/mol. The van der Waals surface area contributed by atoms with Crippen LogP contribution in [0.25, 0.3) is 0 Å². The van der Waals surface area contributed by atoms with E-state index in [1.165, 1.54) is 12.1 Å². The molecule has 0 atom stereocenters. The van der Waals surface area contributed by atoms with E-state index in [0.717, 1.165) is 33.5 Å². The zero-order chi connectivity index (χ0) is 16.4. The van der Waals surface area contributed by atoms with E-state index in [9.17, 15) is 4.39 Å². The molecule has 24 heavy (non-hydrogen) atoms. The van der Waals surface area contributed by atoms with Gasteiger partial charge in [-0.05, 0) is 35.4 Å². The zero-order valence-corrected chi connectivity index (χ0v) is 13.5. The Bertz CT molecular complexity index is 821. The minimum atomic E-state index is -0.248. The number of benzene rings is 2. The highest BCUT2D eigenvalue weighted by Gasteiger charge is 2.15. The summed E-state index contributed by atoms with van der Waals surface area (Å²) in [7, 11) is 0. The molecule has 1 N–H and O–H groups in total. The molecule has 0 bridgehead atoms. The number of hydrogen-bond acceptors (Lipinski definition) is 5. The van der Waals surface area contributed by atoms with Crippen molar-refractivity contribution in [3.8, 4) is 11.5 Å². The van der Waals surface area contributed by atoms with Gasteiger partial charge in [0.25, 0.3) is 0 Å². The Morgan fingerprint density at radius 2 is 1.96 bits per heavy atom. The topological polar surface area (TPSA) is 55.2 Å². The summed E-state index contributed by atoms with van der Waals surface area (Å²) in [6.07, 6.45) is 0. The number of fused-ring (bicyclic) bond motifs is 1. The van der Waals surface area contributed by atoms with Gasteiger partial charge in [-0.25, -0.2) is 4.39 Å². The van der Waals surface area contributed by atoms with Gasteiger partial charge in [-0.2, -0.15) is 5.10 Å². The Labute approximate surface area is 142 Å². The first-order chi connectivity index (χ1) is 11.8. The van der Waals surface area contributed by atoms with Crippen LogP contribution in [-0.2, 0) is 6.54 Å². The maximum atomic E-state index is 13.0. The van der Waals surface area contributed by atoms with Crippen molar-refractivity contribution in [2.24, 2.45) is 10.1 Å². The van der Waals surface area contributed by atoms with Gasteiger partial charge in [-0.1, -0.05) is 30.0 Å². The molecule has 2 aromatic rings. The molecule has 0 aromatic heterocycles. The summed E-state index contributed by atoms with van der Waals surface area (Å²) in [5.74, 6) is 1.97. The number of ether oxygens (including phenoxy) is 2. The van der Waals surface area contributed by atoms with E-state index >= 15 is 0 Å². The lowest BCUT2D eigenvalue weighted by Gasteiger charge is -2.14. The van der Waals surface area contributed by atoms with Crippen LogP contribution >= 0.6 is 11.8 Å². The summed E-state index contributed by atoms with van der Waals surface area (Å²) in [6.45, 7) is 0.805. The largest absolute Gasteiger partial charge is 0.454 e. The van der Waals surface area contributed by atoms with E-state index in [1.54, 1.807) is 23.9 Å². The summed E-state index contributed by atoms with van der Waals surface area (Å²) < 4.78 is 23.6. The van der Waals surface area contributed by atoms with Crippen LogP contribution in [0, 0.1) is 5.82 Å². The molecule has 0 saturated heterocycles. The van der Waals surface area contributed by atoms with Crippen LogP contribution in [0.3, 0.4) is 0 Å². The Morgan fingerprint density at radius 1 is 1.12 bits per heavy atom. The molecule has 2 aliphatic heterocycles. The van der Waals surface area contributed by atoms with Crippen LogP contribution < -0.4 is 14.9 Å². The number of aliphatic imine (C=N–C) groups is 1. The molecular weight excluding hydrogens is 329 g/mol. The van der Waals surface area contributed by atoms with Gasteiger partial charge in [-0.3, -0.25) is 10.4 Å². The third kappa shape index (κ3) is 3.21. The zero-order valence-electron chi connectivity index (χ0n) is 12.7. The number of rotatable bonds is 3. The normalized spacial score (nSPS) is 17.5. The number of nitrogens with one attached hydrogen (secondary N) is 1. The van der Waals surface area contributed by atoms with Crippen LogP contribution in [-0.4, -0.2) is 23.4 Å². The van der Waals surface area contributed by atoms with E-state index in [-0.39, 0.29) is 12.6 Å². The van der Waals surface area contributed by atoms with Gasteiger partial charge in [0, 0.05) is 5.75 Å². The molecule has 5 nitrogen and oxygen atoms in total. The van der Waals surface area contributed by atoms with Crippen LogP contribution in [0.1, 0.15) is 11.1 Å². The second kappa shape index (κ2) is 6.52. The smallest absolute Gasteiger partial charge is 0.231 e. The Balaban J connectivity index is 1.41. The average molecular weight is 343 g/mol. The molecule has 0 saturated carbocycles. The number of nitrogens with zero attached hydrogens (tertiary/aromatic N) is 2. The van der Waals surface area contributed by atoms with Gasteiger partial charge in [0.2, 0.25) is 6.79 Å². The van der Waals surface area contributed by atoms with Crippen LogP contribution in [0.2, 0.25) is 0 Å². The second-order valence-electron chi connectivity index (χ2n) is 5.27. The molecule has 2 aromatic carbocycles. The molecule has 0 unspecified atom stereocenters. The summed E-state index contributed by atoms with van der Waals surface area (Å²) in [6, 6.07) is 12.1. The molecule has 0 radical (unpaired) electrons. The maximum Gasteiger partial charge on any atom is 0.231 e. The third-order valence-electron chi connectivity index (χ3n) is 3.65. The quantitative estimate of drug-likeness (QED) is 0.930. The first-order valence-electron chi connectivity index (χ1n) is 7.42. The molecule has 2 aliphatic rings. The fraction of sp³-hybridized carbons (Fsp3) is 0.176. The summed E-state index contributed by atoms with van der Waals surface area (Å²) >= 11 is 1.57. The third-order valence-corrected chi connectivity index (χ3v) is 4.56. The highest BCUT2D eigenvalue weighted by Crippen LogP contribution is 2.32. The van der Waals surface area contributed by atoms with Crippen LogP contribution in [0.15, 0.2) is 52.6 Å². The fourth-order valence-corrected chi connectivity index (χ4v) is 3.16. The number of hydrazone groups is 1. The second-order valence-corrected chi connectivity index (χ2v) is 6.24. The lowest BCUT2D eigenvalue weighted by Crippen LogP contribution is -2.25. The Morgan fingerprint density at radius 3 is 2.75 bits per heavy atom. The number of hydrogen-bond donors (Lipinski definition) is 1. The van der Waals surface area contributed by atoms with E-state index in [2.05, 4.69) is 15.5 Å². The molecule has 0 spiro atoms. The highest BCUT2D eigenvalue weighted by molar-refractivity contribution is 8.14. The number of amidine groups is 1. The van der Waals surface area contributed by atoms with E-state index in [0.29, 0.717) is 12.3 Å². The van der Waals surface area contributed by atoms with Crippen LogP contribution in [0.5, 0.6) is 11.5 Å². The molecule has 4 rings (SSSR count). The minimum Gasteiger partial charge on any atom is -0.454 e. The average Bonchev–Trinajstić information content (AvgIpc) is 3.09. The highest BCUT2D eigenvalue weighted by atomic mass is 32.2. The van der Waals surface area contributed by atoms with Crippen molar-refractivity contribution in [1.29, 1.82) is 0 Å². The first-order valence-corrected chi connectivity index (χ1v) is 8.41. The molecule has 7 heteroatoms. The van der Waals surface area contributed by atoms with Crippen molar-refractivity contribution in [3.05, 3.63) is 59.4 Å². The molecular formula is C17H14FN3O2S. The number of thioether (sulfide) groups is 1. The predicted molar refractivity (Wildman–Crippen MR) is 92.2 cm³/mol.